The molecule has 0 aliphatic rings. The van der Waals surface area contributed by atoms with E-state index in [9.17, 15) is 0 Å². The first-order valence-corrected chi connectivity index (χ1v) is 6.63. The second kappa shape index (κ2) is 7.68. The molecule has 2 N–H and O–H groups in total. The molecule has 0 atom stereocenters. The molecule has 0 amide bonds. The minimum absolute atomic E-state index is 0.309. The van der Waals surface area contributed by atoms with E-state index >= 15 is 0 Å². The fourth-order valence-corrected chi connectivity index (χ4v) is 1.78. The molecule has 0 bridgehead atoms. The molecule has 0 aliphatic heterocycles. The smallest absolute Gasteiger partial charge is 0.174 e. The number of hydrogen-bond acceptors (Lipinski definition) is 3. The quantitative estimate of drug-likeness (QED) is 0.641. The zero-order valence-corrected chi connectivity index (χ0v) is 13.0. The molecule has 18 heavy (non-hydrogen) atoms. The second-order valence-electron chi connectivity index (χ2n) is 3.70. The number of hydrogen-bond donors (Lipinski definition) is 2. The third-order valence-electron chi connectivity index (χ3n) is 2.37. The van der Waals surface area contributed by atoms with Crippen molar-refractivity contribution in [1.29, 1.82) is 0 Å². The zero-order chi connectivity index (χ0) is 13.5. The topological polar surface area (TPSA) is 42.5 Å². The maximum absolute atomic E-state index is 5.18. The molecule has 0 fully saturated rings. The molecular formula is C12H17BrN2O2S. The van der Waals surface area contributed by atoms with E-state index in [1.165, 1.54) is 0 Å². The highest BCUT2D eigenvalue weighted by molar-refractivity contribution is 9.10. The Morgan fingerprint density at radius 1 is 1.39 bits per heavy atom. The summed E-state index contributed by atoms with van der Waals surface area (Å²) in [5, 5.41) is 6.67. The lowest BCUT2D eigenvalue weighted by molar-refractivity contribution is -0.0964. The van der Waals surface area contributed by atoms with Crippen molar-refractivity contribution in [2.75, 3.05) is 26.1 Å². The summed E-state index contributed by atoms with van der Waals surface area (Å²) >= 11 is 8.64. The van der Waals surface area contributed by atoms with E-state index in [2.05, 4.69) is 26.6 Å². The van der Waals surface area contributed by atoms with Gasteiger partial charge in [0.15, 0.2) is 11.4 Å². The van der Waals surface area contributed by atoms with Crippen LogP contribution in [0.5, 0.6) is 0 Å². The average Bonchev–Trinajstić information content (AvgIpc) is 2.35. The van der Waals surface area contributed by atoms with Crippen molar-refractivity contribution in [3.8, 4) is 0 Å². The number of aryl methyl sites for hydroxylation is 1. The minimum Gasteiger partial charge on any atom is -0.357 e. The molecule has 100 valence electrons. The van der Waals surface area contributed by atoms with E-state index < -0.39 is 0 Å². The van der Waals surface area contributed by atoms with Crippen molar-refractivity contribution < 1.29 is 9.47 Å². The second-order valence-corrected chi connectivity index (χ2v) is 4.96. The Kier molecular flexibility index (Phi) is 6.56. The van der Waals surface area contributed by atoms with Crippen molar-refractivity contribution in [3.05, 3.63) is 28.2 Å². The SMILES string of the molecule is COC(CNC(=S)Nc1ccc(Br)c(C)c1)OC. The largest absolute Gasteiger partial charge is 0.357 e. The molecule has 0 spiro atoms. The van der Waals surface area contributed by atoms with Gasteiger partial charge in [0.2, 0.25) is 0 Å². The summed E-state index contributed by atoms with van der Waals surface area (Å²) in [6.07, 6.45) is -0.309. The number of halogens is 1. The first kappa shape index (κ1) is 15.4. The molecule has 0 aliphatic carbocycles. The Morgan fingerprint density at radius 3 is 2.61 bits per heavy atom. The summed E-state index contributed by atoms with van der Waals surface area (Å²) in [6.45, 7) is 2.52. The highest BCUT2D eigenvalue weighted by Gasteiger charge is 2.06. The van der Waals surface area contributed by atoms with Crippen LogP contribution in [0.2, 0.25) is 0 Å². The molecular weight excluding hydrogens is 316 g/mol. The zero-order valence-electron chi connectivity index (χ0n) is 10.6. The van der Waals surface area contributed by atoms with E-state index in [4.69, 9.17) is 21.7 Å². The molecule has 6 heteroatoms. The molecule has 0 radical (unpaired) electrons. The number of ether oxygens (including phenoxy) is 2. The van der Waals surface area contributed by atoms with E-state index in [1.54, 1.807) is 14.2 Å². The lowest BCUT2D eigenvalue weighted by Crippen LogP contribution is -2.36. The van der Waals surface area contributed by atoms with Gasteiger partial charge in [-0.15, -0.1) is 0 Å². The maximum Gasteiger partial charge on any atom is 0.174 e. The monoisotopic (exact) mass is 332 g/mol. The minimum atomic E-state index is -0.309. The number of benzene rings is 1. The Bertz CT molecular complexity index is 411. The van der Waals surface area contributed by atoms with Crippen LogP contribution < -0.4 is 10.6 Å². The molecule has 4 nitrogen and oxygen atoms in total. The van der Waals surface area contributed by atoms with Crippen LogP contribution >= 0.6 is 28.1 Å². The van der Waals surface area contributed by atoms with Gasteiger partial charge < -0.3 is 20.1 Å². The van der Waals surface area contributed by atoms with Crippen molar-refractivity contribution in [2.45, 2.75) is 13.2 Å². The number of anilines is 1. The predicted octanol–water partition coefficient (Wildman–Crippen LogP) is 2.66. The van der Waals surface area contributed by atoms with Gasteiger partial charge in [-0.1, -0.05) is 15.9 Å². The van der Waals surface area contributed by atoms with E-state index in [0.29, 0.717) is 11.7 Å². The van der Waals surface area contributed by atoms with Gasteiger partial charge in [0.1, 0.15) is 0 Å². The summed E-state index contributed by atoms with van der Waals surface area (Å²) in [4.78, 5) is 0. The van der Waals surface area contributed by atoms with Gasteiger partial charge in [-0.2, -0.15) is 0 Å². The molecule has 1 rings (SSSR count). The van der Waals surface area contributed by atoms with Gasteiger partial charge in [-0.05, 0) is 42.9 Å². The highest BCUT2D eigenvalue weighted by atomic mass is 79.9. The van der Waals surface area contributed by atoms with Crippen LogP contribution in [-0.2, 0) is 9.47 Å². The Balaban J connectivity index is 2.46. The van der Waals surface area contributed by atoms with E-state index in [1.807, 2.05) is 25.1 Å². The highest BCUT2D eigenvalue weighted by Crippen LogP contribution is 2.19. The number of methoxy groups -OCH3 is 2. The molecule has 0 saturated heterocycles. The summed E-state index contributed by atoms with van der Waals surface area (Å²) in [5.41, 5.74) is 2.09. The summed E-state index contributed by atoms with van der Waals surface area (Å²) in [5.74, 6) is 0. The normalized spacial score (nSPS) is 10.5. The molecule has 1 aromatic rings. The Labute approximate surface area is 121 Å². The Hall–Kier alpha value is -0.690. The van der Waals surface area contributed by atoms with Crippen molar-refractivity contribution in [2.24, 2.45) is 0 Å². The Morgan fingerprint density at radius 2 is 2.06 bits per heavy atom. The van der Waals surface area contributed by atoms with Gasteiger partial charge in [0, 0.05) is 24.4 Å². The first-order valence-electron chi connectivity index (χ1n) is 5.43. The van der Waals surface area contributed by atoms with Crippen LogP contribution in [0, 0.1) is 6.92 Å². The number of nitrogens with one attached hydrogen (secondary N) is 2. The molecule has 1 aromatic carbocycles. The fourth-order valence-electron chi connectivity index (χ4n) is 1.34. The molecule has 0 saturated carbocycles. The van der Waals surface area contributed by atoms with Crippen molar-refractivity contribution in [1.82, 2.24) is 5.32 Å². The summed E-state index contributed by atoms with van der Waals surface area (Å²) in [6, 6.07) is 5.95. The number of rotatable bonds is 5. The van der Waals surface area contributed by atoms with Gasteiger partial charge in [-0.3, -0.25) is 0 Å². The third-order valence-corrected chi connectivity index (χ3v) is 3.51. The van der Waals surface area contributed by atoms with Crippen LogP contribution in [0.25, 0.3) is 0 Å². The van der Waals surface area contributed by atoms with Crippen LogP contribution in [0.4, 0.5) is 5.69 Å². The summed E-state index contributed by atoms with van der Waals surface area (Å²) < 4.78 is 11.2. The van der Waals surface area contributed by atoms with Gasteiger partial charge in [-0.25, -0.2) is 0 Å². The average molecular weight is 333 g/mol. The maximum atomic E-state index is 5.18. The predicted molar refractivity (Wildman–Crippen MR) is 80.9 cm³/mol. The molecule has 0 unspecified atom stereocenters. The van der Waals surface area contributed by atoms with Gasteiger partial charge in [0.05, 0.1) is 6.54 Å². The molecule has 0 aromatic heterocycles. The fraction of sp³-hybridized carbons (Fsp3) is 0.417. The lowest BCUT2D eigenvalue weighted by Gasteiger charge is -2.16. The van der Waals surface area contributed by atoms with Crippen molar-refractivity contribution >= 4 is 38.9 Å². The standard InChI is InChI=1S/C12H17BrN2O2S/c1-8-6-9(4-5-10(8)13)15-12(18)14-7-11(16-2)17-3/h4-6,11H,7H2,1-3H3,(H2,14,15,18). The van der Waals surface area contributed by atoms with Gasteiger partial charge >= 0.3 is 0 Å². The van der Waals surface area contributed by atoms with E-state index in [0.717, 1.165) is 15.7 Å². The van der Waals surface area contributed by atoms with Crippen LogP contribution in [0.3, 0.4) is 0 Å². The van der Waals surface area contributed by atoms with Gasteiger partial charge in [0.25, 0.3) is 0 Å². The third kappa shape index (κ3) is 4.89. The van der Waals surface area contributed by atoms with Crippen LogP contribution in [0.1, 0.15) is 5.56 Å². The van der Waals surface area contributed by atoms with Crippen molar-refractivity contribution in [3.63, 3.8) is 0 Å². The lowest BCUT2D eigenvalue weighted by atomic mass is 10.2. The van der Waals surface area contributed by atoms with E-state index in [-0.39, 0.29) is 6.29 Å². The molecule has 0 heterocycles. The van der Waals surface area contributed by atoms with Crippen LogP contribution in [-0.4, -0.2) is 32.2 Å². The summed E-state index contributed by atoms with van der Waals surface area (Å²) in [7, 11) is 3.18. The van der Waals surface area contributed by atoms with Crippen LogP contribution in [0.15, 0.2) is 22.7 Å². The number of thiocarbonyl (C=S) groups is 1. The first-order chi connectivity index (χ1) is 8.56.